The van der Waals surface area contributed by atoms with E-state index >= 15 is 0 Å². The van der Waals surface area contributed by atoms with Crippen molar-refractivity contribution in [3.8, 4) is 0 Å². The zero-order valence-corrected chi connectivity index (χ0v) is 19.8. The second-order valence-electron chi connectivity index (χ2n) is 8.65. The summed E-state index contributed by atoms with van der Waals surface area (Å²) in [6, 6.07) is 0. The lowest BCUT2D eigenvalue weighted by atomic mass is 10.1. The van der Waals surface area contributed by atoms with Gasteiger partial charge in [0, 0.05) is 6.61 Å². The second-order valence-corrected chi connectivity index (χ2v) is 8.65. The van der Waals surface area contributed by atoms with Crippen LogP contribution in [0.25, 0.3) is 0 Å². The van der Waals surface area contributed by atoms with Gasteiger partial charge in [-0.25, -0.2) is 0 Å². The van der Waals surface area contributed by atoms with Crippen molar-refractivity contribution in [1.29, 1.82) is 0 Å². The number of hydrogen-bond donors (Lipinski definition) is 2. The highest BCUT2D eigenvalue weighted by Gasteiger charge is 2.19. The lowest BCUT2D eigenvalue weighted by Crippen LogP contribution is -2.34. The Balaban J connectivity index is 3.29. The summed E-state index contributed by atoms with van der Waals surface area (Å²) < 4.78 is 10.7. The fourth-order valence-corrected chi connectivity index (χ4v) is 3.69. The SMILES string of the molecule is CCCCCCCCCCCCOB(O)OC(N)CCCCCCCCCCC. The van der Waals surface area contributed by atoms with E-state index in [1.165, 1.54) is 103 Å². The molecule has 1 atom stereocenters. The minimum absolute atomic E-state index is 0.428. The normalized spacial score (nSPS) is 12.4. The average molecular weight is 413 g/mol. The molecule has 0 saturated heterocycles. The maximum atomic E-state index is 9.78. The molecule has 0 aliphatic rings. The highest BCUT2D eigenvalue weighted by Crippen LogP contribution is 2.12. The number of nitrogens with two attached hydrogens (primary N) is 1. The van der Waals surface area contributed by atoms with Crippen LogP contribution in [-0.4, -0.2) is 25.2 Å². The first-order valence-electron chi connectivity index (χ1n) is 12.9. The van der Waals surface area contributed by atoms with Gasteiger partial charge in [0.15, 0.2) is 0 Å². The van der Waals surface area contributed by atoms with Gasteiger partial charge in [0.05, 0.1) is 6.23 Å². The molecule has 0 amide bonds. The van der Waals surface area contributed by atoms with Gasteiger partial charge in [0.25, 0.3) is 0 Å². The first kappa shape index (κ1) is 28.9. The van der Waals surface area contributed by atoms with Crippen LogP contribution in [0.3, 0.4) is 0 Å². The van der Waals surface area contributed by atoms with Gasteiger partial charge in [-0.3, -0.25) is 0 Å². The predicted molar refractivity (Wildman–Crippen MR) is 127 cm³/mol. The summed E-state index contributed by atoms with van der Waals surface area (Å²) in [5, 5.41) is 9.78. The molecule has 174 valence electrons. The van der Waals surface area contributed by atoms with Crippen LogP contribution in [0.5, 0.6) is 0 Å². The molecule has 0 radical (unpaired) electrons. The molecule has 0 aromatic rings. The molecule has 0 bridgehead atoms. The molecule has 0 aliphatic carbocycles. The zero-order valence-electron chi connectivity index (χ0n) is 19.8. The standard InChI is InChI=1S/C24H52BNO3/c1-3-5-7-9-11-13-15-17-19-21-23-28-25(27)29-24(26)22-20-18-16-14-12-10-8-6-4-2/h24,27H,3-23,26H2,1-2H3. The smallest absolute Gasteiger partial charge is 0.402 e. The first-order chi connectivity index (χ1) is 14.2. The third-order valence-corrected chi connectivity index (χ3v) is 5.64. The van der Waals surface area contributed by atoms with Crippen LogP contribution in [0.1, 0.15) is 142 Å². The monoisotopic (exact) mass is 413 g/mol. The van der Waals surface area contributed by atoms with Crippen LogP contribution in [0.4, 0.5) is 0 Å². The van der Waals surface area contributed by atoms with Gasteiger partial charge in [-0.05, 0) is 19.3 Å². The van der Waals surface area contributed by atoms with E-state index in [-0.39, 0.29) is 0 Å². The van der Waals surface area contributed by atoms with Gasteiger partial charge in [-0.2, -0.15) is 0 Å². The Morgan fingerprint density at radius 1 is 0.621 bits per heavy atom. The summed E-state index contributed by atoms with van der Waals surface area (Å²) in [7, 11) is -1.18. The number of rotatable bonds is 24. The minimum Gasteiger partial charge on any atom is -0.402 e. The van der Waals surface area contributed by atoms with E-state index in [0.29, 0.717) is 6.61 Å². The molecule has 3 N–H and O–H groups in total. The number of unbranched alkanes of at least 4 members (excludes halogenated alkanes) is 17. The van der Waals surface area contributed by atoms with Crippen molar-refractivity contribution in [3.63, 3.8) is 0 Å². The van der Waals surface area contributed by atoms with E-state index in [4.69, 9.17) is 15.0 Å². The topological polar surface area (TPSA) is 64.7 Å². The molecular formula is C24H52BNO3. The fourth-order valence-electron chi connectivity index (χ4n) is 3.69. The zero-order chi connectivity index (χ0) is 21.4. The van der Waals surface area contributed by atoms with Crippen molar-refractivity contribution in [3.05, 3.63) is 0 Å². The Labute approximate surface area is 182 Å². The molecule has 0 rings (SSSR count). The van der Waals surface area contributed by atoms with Crippen LogP contribution in [0.15, 0.2) is 0 Å². The Hall–Kier alpha value is -0.0951. The molecule has 0 aliphatic heterocycles. The van der Waals surface area contributed by atoms with Gasteiger partial charge in [0.1, 0.15) is 0 Å². The third kappa shape index (κ3) is 24.0. The van der Waals surface area contributed by atoms with Crippen molar-refractivity contribution >= 4 is 7.32 Å². The highest BCUT2D eigenvalue weighted by atomic mass is 16.7. The summed E-state index contributed by atoms with van der Waals surface area (Å²) >= 11 is 0. The minimum atomic E-state index is -1.18. The third-order valence-electron chi connectivity index (χ3n) is 5.64. The molecule has 0 fully saturated rings. The van der Waals surface area contributed by atoms with Crippen LogP contribution in [0.2, 0.25) is 0 Å². The van der Waals surface area contributed by atoms with Crippen LogP contribution in [0, 0.1) is 0 Å². The quantitative estimate of drug-likeness (QED) is 0.100. The molecule has 0 saturated carbocycles. The summed E-state index contributed by atoms with van der Waals surface area (Å²) in [5.74, 6) is 0. The summed E-state index contributed by atoms with van der Waals surface area (Å²) in [5.41, 5.74) is 5.94. The Morgan fingerprint density at radius 2 is 1.00 bits per heavy atom. The van der Waals surface area contributed by atoms with Crippen molar-refractivity contribution in [2.24, 2.45) is 5.73 Å². The summed E-state index contributed by atoms with van der Waals surface area (Å²) in [4.78, 5) is 0. The molecule has 0 spiro atoms. The molecule has 4 nitrogen and oxygen atoms in total. The van der Waals surface area contributed by atoms with E-state index in [9.17, 15) is 5.02 Å². The van der Waals surface area contributed by atoms with Crippen molar-refractivity contribution < 1.29 is 14.3 Å². The van der Waals surface area contributed by atoms with Crippen molar-refractivity contribution in [2.75, 3.05) is 6.61 Å². The Kier molecular flexibility index (Phi) is 24.1. The lowest BCUT2D eigenvalue weighted by molar-refractivity contribution is 0.0816. The Bertz CT molecular complexity index is 308. The molecular weight excluding hydrogens is 361 g/mol. The molecule has 0 aromatic heterocycles. The van der Waals surface area contributed by atoms with Crippen molar-refractivity contribution in [2.45, 2.75) is 148 Å². The second kappa shape index (κ2) is 24.2. The molecule has 1 unspecified atom stereocenters. The molecule has 0 aromatic carbocycles. The van der Waals surface area contributed by atoms with E-state index in [1.807, 2.05) is 0 Å². The Morgan fingerprint density at radius 3 is 1.45 bits per heavy atom. The van der Waals surface area contributed by atoms with Crippen LogP contribution < -0.4 is 5.73 Å². The average Bonchev–Trinajstić information content (AvgIpc) is 2.70. The van der Waals surface area contributed by atoms with E-state index in [2.05, 4.69) is 13.8 Å². The van der Waals surface area contributed by atoms with E-state index in [0.717, 1.165) is 25.7 Å². The highest BCUT2D eigenvalue weighted by molar-refractivity contribution is 6.34. The summed E-state index contributed by atoms with van der Waals surface area (Å²) in [6.45, 7) is 5.06. The van der Waals surface area contributed by atoms with Gasteiger partial charge in [-0.1, -0.05) is 123 Å². The lowest BCUT2D eigenvalue weighted by Gasteiger charge is -2.15. The number of hydrogen-bond acceptors (Lipinski definition) is 4. The molecule has 5 heteroatoms. The van der Waals surface area contributed by atoms with E-state index < -0.39 is 13.5 Å². The largest absolute Gasteiger partial charge is 0.637 e. The predicted octanol–water partition coefficient (Wildman–Crippen LogP) is 7.12. The van der Waals surface area contributed by atoms with Gasteiger partial charge < -0.3 is 20.1 Å². The van der Waals surface area contributed by atoms with Gasteiger partial charge >= 0.3 is 7.32 Å². The maximum absolute atomic E-state index is 9.78. The molecule has 29 heavy (non-hydrogen) atoms. The van der Waals surface area contributed by atoms with Crippen LogP contribution >= 0.6 is 0 Å². The maximum Gasteiger partial charge on any atom is 0.637 e. The van der Waals surface area contributed by atoms with Crippen molar-refractivity contribution in [1.82, 2.24) is 0 Å². The van der Waals surface area contributed by atoms with Gasteiger partial charge in [-0.15, -0.1) is 0 Å². The fraction of sp³-hybridized carbons (Fsp3) is 1.00. The van der Waals surface area contributed by atoms with Gasteiger partial charge in [0.2, 0.25) is 0 Å². The molecule has 0 heterocycles. The first-order valence-corrected chi connectivity index (χ1v) is 12.9. The van der Waals surface area contributed by atoms with E-state index in [1.54, 1.807) is 0 Å². The summed E-state index contributed by atoms with van der Waals surface area (Å²) in [6.07, 6.45) is 24.9. The van der Waals surface area contributed by atoms with Crippen LogP contribution in [-0.2, 0) is 9.31 Å².